The van der Waals surface area contributed by atoms with Gasteiger partial charge in [0, 0.05) is 23.0 Å². The number of hydrogen-bond acceptors (Lipinski definition) is 1. The molecule has 0 bridgehead atoms. The van der Waals surface area contributed by atoms with Crippen LogP contribution in [0.1, 0.15) is 24.8 Å². The highest BCUT2D eigenvalue weighted by atomic mass is 15.1. The Morgan fingerprint density at radius 3 is 1.71 bits per heavy atom. The van der Waals surface area contributed by atoms with E-state index in [1.165, 1.54) is 99.2 Å². The zero-order valence-electron chi connectivity index (χ0n) is 36.2. The highest BCUT2D eigenvalue weighted by molar-refractivity contribution is 6.33. The summed E-state index contributed by atoms with van der Waals surface area (Å²) in [5.41, 5.74) is 17.1. The Kier molecular flexibility index (Phi) is 9.88. The third kappa shape index (κ3) is 7.07. The average molecular weight is 830 g/mol. The van der Waals surface area contributed by atoms with Crippen molar-refractivity contribution >= 4 is 49.3 Å². The van der Waals surface area contributed by atoms with Crippen LogP contribution in [0.15, 0.2) is 254 Å². The maximum Gasteiger partial charge on any atom is 0.0461 e. The largest absolute Gasteiger partial charge is 0.311 e. The first-order valence-corrected chi connectivity index (χ1v) is 23.0. The summed E-state index contributed by atoms with van der Waals surface area (Å²) in [6, 6.07) is 69.8. The second-order valence-electron chi connectivity index (χ2n) is 17.4. The fourth-order valence-electron chi connectivity index (χ4n) is 10.4. The molecule has 1 heteroatoms. The van der Waals surface area contributed by atoms with Crippen molar-refractivity contribution in [1.29, 1.82) is 0 Å². The van der Waals surface area contributed by atoms with Gasteiger partial charge in [0.1, 0.15) is 0 Å². The van der Waals surface area contributed by atoms with Crippen LogP contribution in [0, 0.1) is 5.92 Å². The number of rotatable bonds is 8. The van der Waals surface area contributed by atoms with E-state index in [0.29, 0.717) is 5.92 Å². The Labute approximate surface area is 381 Å². The monoisotopic (exact) mass is 829 g/mol. The number of anilines is 2. The Morgan fingerprint density at radius 2 is 1.02 bits per heavy atom. The first-order valence-electron chi connectivity index (χ1n) is 23.0. The average Bonchev–Trinajstić information content (AvgIpc) is 3.39. The van der Waals surface area contributed by atoms with Gasteiger partial charge in [-0.25, -0.2) is 0 Å². The second-order valence-corrected chi connectivity index (χ2v) is 17.4. The summed E-state index contributed by atoms with van der Waals surface area (Å²) in [7, 11) is 0. The van der Waals surface area contributed by atoms with Crippen LogP contribution < -0.4 is 4.90 Å². The van der Waals surface area contributed by atoms with Crippen molar-refractivity contribution < 1.29 is 0 Å². The minimum Gasteiger partial charge on any atom is -0.311 e. The first-order chi connectivity index (χ1) is 32.2. The number of allylic oxidation sites excluding steroid dienone is 11. The third-order valence-corrected chi connectivity index (χ3v) is 13.6. The second kappa shape index (κ2) is 16.6. The lowest BCUT2D eigenvalue weighted by molar-refractivity contribution is 0.768. The molecule has 0 aliphatic heterocycles. The molecule has 0 saturated carbocycles. The molecular formula is C64H47N. The van der Waals surface area contributed by atoms with E-state index in [1.807, 2.05) is 0 Å². The number of fused-ring (bicyclic) bond motifs is 7. The number of para-hydroxylation sites is 1. The van der Waals surface area contributed by atoms with Crippen LogP contribution in [-0.2, 0) is 0 Å². The van der Waals surface area contributed by atoms with E-state index in [2.05, 4.69) is 248 Å². The van der Waals surface area contributed by atoms with Crippen molar-refractivity contribution in [2.45, 2.75) is 19.3 Å². The lowest BCUT2D eigenvalue weighted by Gasteiger charge is -2.31. The molecule has 308 valence electrons. The molecule has 0 N–H and O–H groups in total. The molecule has 65 heavy (non-hydrogen) atoms. The molecule has 1 nitrogen and oxygen atoms in total. The first kappa shape index (κ1) is 38.7. The molecule has 0 radical (unpaired) electrons. The fraction of sp³-hybridized carbons (Fsp3) is 0.0625. The van der Waals surface area contributed by atoms with Crippen molar-refractivity contribution in [3.8, 4) is 44.5 Å². The maximum atomic E-state index is 2.47. The Hall–Kier alpha value is -8.00. The molecule has 3 aliphatic rings. The fourth-order valence-corrected chi connectivity index (χ4v) is 10.4. The SMILES string of the molecule is C1=CC2=CC(N(c3ccccc3)c3ccc(-c4c(-c5ccccc5)cc(-c5ccccc5)c5c6ccc(C7=CCCC=C7)cc6c6cc(-c7ccccc7)ccc6c45)cc3)=CCC2C=C1. The van der Waals surface area contributed by atoms with E-state index in [0.717, 1.165) is 30.6 Å². The summed E-state index contributed by atoms with van der Waals surface area (Å²) in [5.74, 6) is 0.426. The van der Waals surface area contributed by atoms with E-state index in [4.69, 9.17) is 0 Å². The molecule has 0 aromatic heterocycles. The van der Waals surface area contributed by atoms with Gasteiger partial charge in [0.25, 0.3) is 0 Å². The van der Waals surface area contributed by atoms with E-state index < -0.39 is 0 Å². The minimum absolute atomic E-state index is 0.426. The van der Waals surface area contributed by atoms with Crippen LogP contribution in [0.25, 0.3) is 82.4 Å². The van der Waals surface area contributed by atoms with Gasteiger partial charge in [-0.3, -0.25) is 0 Å². The predicted octanol–water partition coefficient (Wildman–Crippen LogP) is 17.6. The van der Waals surface area contributed by atoms with Crippen LogP contribution in [0.3, 0.4) is 0 Å². The smallest absolute Gasteiger partial charge is 0.0461 e. The summed E-state index contributed by atoms with van der Waals surface area (Å²) in [6.07, 6.45) is 23.8. The summed E-state index contributed by atoms with van der Waals surface area (Å²) in [4.78, 5) is 2.41. The van der Waals surface area contributed by atoms with Gasteiger partial charge in [0.15, 0.2) is 0 Å². The molecule has 9 aromatic rings. The molecule has 0 heterocycles. The van der Waals surface area contributed by atoms with E-state index in [9.17, 15) is 0 Å². The van der Waals surface area contributed by atoms with Crippen LogP contribution in [0.5, 0.6) is 0 Å². The molecular weight excluding hydrogens is 783 g/mol. The lowest BCUT2D eigenvalue weighted by Crippen LogP contribution is -2.19. The lowest BCUT2D eigenvalue weighted by atomic mass is 9.80. The van der Waals surface area contributed by atoms with Gasteiger partial charge in [0.2, 0.25) is 0 Å². The van der Waals surface area contributed by atoms with Crippen molar-refractivity contribution in [2.24, 2.45) is 5.92 Å². The number of hydrogen-bond donors (Lipinski definition) is 0. The predicted molar refractivity (Wildman–Crippen MR) is 278 cm³/mol. The Bertz CT molecular complexity index is 3450. The quantitative estimate of drug-likeness (QED) is 0.138. The minimum atomic E-state index is 0.426. The summed E-state index contributed by atoms with van der Waals surface area (Å²) in [5, 5.41) is 7.59. The van der Waals surface area contributed by atoms with Crippen LogP contribution in [0.2, 0.25) is 0 Å². The van der Waals surface area contributed by atoms with Gasteiger partial charge in [-0.1, -0.05) is 194 Å². The topological polar surface area (TPSA) is 3.24 Å². The summed E-state index contributed by atoms with van der Waals surface area (Å²) >= 11 is 0. The van der Waals surface area contributed by atoms with Gasteiger partial charge in [-0.15, -0.1) is 0 Å². The van der Waals surface area contributed by atoms with E-state index in [1.54, 1.807) is 0 Å². The molecule has 0 spiro atoms. The maximum absolute atomic E-state index is 2.47. The third-order valence-electron chi connectivity index (χ3n) is 13.6. The molecule has 9 aromatic carbocycles. The Balaban J connectivity index is 1.16. The zero-order chi connectivity index (χ0) is 43.1. The van der Waals surface area contributed by atoms with Crippen molar-refractivity contribution in [2.75, 3.05) is 4.90 Å². The summed E-state index contributed by atoms with van der Waals surface area (Å²) in [6.45, 7) is 0. The molecule has 3 aliphatic carbocycles. The number of benzene rings is 9. The summed E-state index contributed by atoms with van der Waals surface area (Å²) < 4.78 is 0. The molecule has 0 fully saturated rings. The van der Waals surface area contributed by atoms with Crippen LogP contribution in [0.4, 0.5) is 11.4 Å². The molecule has 0 saturated heterocycles. The number of nitrogens with zero attached hydrogens (tertiary/aromatic N) is 1. The van der Waals surface area contributed by atoms with Gasteiger partial charge >= 0.3 is 0 Å². The molecule has 1 unspecified atom stereocenters. The highest BCUT2D eigenvalue weighted by Crippen LogP contribution is 2.50. The molecule has 12 rings (SSSR count). The van der Waals surface area contributed by atoms with Crippen molar-refractivity contribution in [3.63, 3.8) is 0 Å². The molecule has 1 atom stereocenters. The van der Waals surface area contributed by atoms with Crippen LogP contribution >= 0.6 is 0 Å². The van der Waals surface area contributed by atoms with Gasteiger partial charge < -0.3 is 4.90 Å². The van der Waals surface area contributed by atoms with Crippen molar-refractivity contribution in [1.82, 2.24) is 0 Å². The molecule has 0 amide bonds. The zero-order valence-corrected chi connectivity index (χ0v) is 36.2. The highest BCUT2D eigenvalue weighted by Gasteiger charge is 2.24. The van der Waals surface area contributed by atoms with Gasteiger partial charge in [0.05, 0.1) is 0 Å². The normalized spacial score (nSPS) is 15.4. The standard InChI is InChI=1S/C64H47N/c1-6-18-44(19-7-1)51-33-38-56-60(41-51)61-42-52(45-20-8-2-9-21-45)34-39-57(61)64-62(58(47-23-10-3-11-24-47)43-59(63(56)64)48-25-12-4-13-26-48)49-31-35-54(36-32-49)65(53-28-14-5-15-29-53)55-37-30-46-22-16-17-27-50(46)40-55/h2-6,8-29,31-43,46H,1,7,30H2. The van der Waals surface area contributed by atoms with Gasteiger partial charge in [-0.05, 0) is 161 Å². The van der Waals surface area contributed by atoms with Crippen LogP contribution in [-0.4, -0.2) is 0 Å². The van der Waals surface area contributed by atoms with E-state index in [-0.39, 0.29) is 0 Å². The Morgan fingerprint density at radius 1 is 0.415 bits per heavy atom. The van der Waals surface area contributed by atoms with Crippen molar-refractivity contribution in [3.05, 3.63) is 260 Å². The van der Waals surface area contributed by atoms with Gasteiger partial charge in [-0.2, -0.15) is 0 Å². The van der Waals surface area contributed by atoms with E-state index >= 15 is 0 Å².